The number of nitrogens with zero attached hydrogens (tertiary/aromatic N) is 3. The summed E-state index contributed by atoms with van der Waals surface area (Å²) < 4.78 is 5.04. The first-order valence-electron chi connectivity index (χ1n) is 9.62. The Morgan fingerprint density at radius 2 is 2.00 bits per heavy atom. The van der Waals surface area contributed by atoms with Crippen LogP contribution in [0.1, 0.15) is 24.0 Å². The van der Waals surface area contributed by atoms with Crippen molar-refractivity contribution in [2.24, 2.45) is 11.0 Å². The molecular formula is C21H24N4O5. The van der Waals surface area contributed by atoms with E-state index in [-0.39, 0.29) is 23.3 Å². The Labute approximate surface area is 174 Å². The third-order valence-electron chi connectivity index (χ3n) is 5.14. The number of para-hydroxylation sites is 1. The number of aromatic hydroxyl groups is 1. The summed E-state index contributed by atoms with van der Waals surface area (Å²) in [5.74, 6) is 0.0287. The van der Waals surface area contributed by atoms with Crippen LogP contribution in [0.5, 0.6) is 11.5 Å². The van der Waals surface area contributed by atoms with Gasteiger partial charge in [-0.1, -0.05) is 18.2 Å². The van der Waals surface area contributed by atoms with Crippen LogP contribution in [-0.2, 0) is 11.3 Å². The number of likely N-dealkylation sites (tertiary alicyclic amines) is 1. The number of piperidine rings is 1. The number of amides is 1. The van der Waals surface area contributed by atoms with Crippen LogP contribution in [0.3, 0.4) is 0 Å². The molecule has 2 aromatic rings. The number of nitrogens with one attached hydrogen (secondary N) is 1. The number of ether oxygens (including phenoxy) is 1. The van der Waals surface area contributed by atoms with E-state index >= 15 is 0 Å². The molecular weight excluding hydrogens is 388 g/mol. The minimum absolute atomic E-state index is 0.0300. The molecule has 0 aromatic heterocycles. The molecule has 2 N–H and O–H groups in total. The summed E-state index contributed by atoms with van der Waals surface area (Å²) in [6, 6.07) is 11.6. The smallest absolute Gasteiger partial charge is 0.269 e. The highest BCUT2D eigenvalue weighted by atomic mass is 16.6. The van der Waals surface area contributed by atoms with Gasteiger partial charge in [0, 0.05) is 30.2 Å². The maximum absolute atomic E-state index is 12.4. The van der Waals surface area contributed by atoms with Crippen LogP contribution < -0.4 is 10.2 Å². The molecule has 9 heteroatoms. The van der Waals surface area contributed by atoms with Gasteiger partial charge in [-0.25, -0.2) is 5.43 Å². The van der Waals surface area contributed by atoms with Gasteiger partial charge in [0.25, 0.3) is 5.69 Å². The maximum Gasteiger partial charge on any atom is 0.269 e. The number of carbonyl (C=O) groups is 1. The van der Waals surface area contributed by atoms with Gasteiger partial charge in [-0.15, -0.1) is 0 Å². The highest BCUT2D eigenvalue weighted by Gasteiger charge is 2.25. The normalized spacial score (nSPS) is 15.2. The number of hydrogen-bond acceptors (Lipinski definition) is 7. The summed E-state index contributed by atoms with van der Waals surface area (Å²) in [5.41, 5.74) is 4.08. The maximum atomic E-state index is 12.4. The molecule has 158 valence electrons. The molecule has 1 aliphatic heterocycles. The van der Waals surface area contributed by atoms with Gasteiger partial charge in [0.2, 0.25) is 5.91 Å². The molecule has 9 nitrogen and oxygen atoms in total. The zero-order valence-electron chi connectivity index (χ0n) is 16.7. The summed E-state index contributed by atoms with van der Waals surface area (Å²) in [4.78, 5) is 24.9. The number of hydrogen-bond donors (Lipinski definition) is 2. The Morgan fingerprint density at radius 1 is 1.30 bits per heavy atom. The Hall–Kier alpha value is -3.46. The standard InChI is InChI=1S/C21H24N4O5/c1-30-19-4-2-3-17(20(19)26)13-22-23-21(27)16-9-11-24(12-10-16)14-15-5-7-18(8-6-15)25(28)29/h2-8,13,16,26H,9-12,14H2,1H3,(H,23,27). The molecule has 2 aromatic carbocycles. The molecule has 1 saturated heterocycles. The second kappa shape index (κ2) is 9.84. The third-order valence-corrected chi connectivity index (χ3v) is 5.14. The van der Waals surface area contributed by atoms with Crippen LogP contribution in [0, 0.1) is 16.0 Å². The number of rotatable bonds is 7. The van der Waals surface area contributed by atoms with Crippen molar-refractivity contribution < 1.29 is 19.6 Å². The fourth-order valence-corrected chi connectivity index (χ4v) is 3.40. The molecule has 3 rings (SSSR count). The van der Waals surface area contributed by atoms with Gasteiger partial charge in [-0.2, -0.15) is 5.10 Å². The van der Waals surface area contributed by atoms with E-state index in [0.29, 0.717) is 30.7 Å². The molecule has 0 radical (unpaired) electrons. The lowest BCUT2D eigenvalue weighted by molar-refractivity contribution is -0.384. The van der Waals surface area contributed by atoms with Crippen LogP contribution in [-0.4, -0.2) is 47.3 Å². The molecule has 1 aliphatic rings. The summed E-state index contributed by atoms with van der Waals surface area (Å²) in [6.45, 7) is 2.21. The quantitative estimate of drug-likeness (QED) is 0.410. The number of non-ortho nitro benzene ring substituents is 1. The minimum atomic E-state index is -0.411. The molecule has 0 spiro atoms. The number of hydrazone groups is 1. The predicted octanol–water partition coefficient (Wildman–Crippen LogP) is 2.67. The van der Waals surface area contributed by atoms with Gasteiger partial charge in [0.1, 0.15) is 0 Å². The summed E-state index contributed by atoms with van der Waals surface area (Å²) in [6.07, 6.45) is 2.80. The Morgan fingerprint density at radius 3 is 2.63 bits per heavy atom. The van der Waals surface area contributed by atoms with Gasteiger partial charge in [-0.05, 0) is 43.6 Å². The van der Waals surface area contributed by atoms with E-state index in [1.165, 1.54) is 25.5 Å². The average Bonchev–Trinajstić information content (AvgIpc) is 2.75. The zero-order valence-corrected chi connectivity index (χ0v) is 16.7. The highest BCUT2D eigenvalue weighted by molar-refractivity contribution is 5.86. The second-order valence-electron chi connectivity index (χ2n) is 7.11. The van der Waals surface area contributed by atoms with Crippen LogP contribution in [0.2, 0.25) is 0 Å². The zero-order chi connectivity index (χ0) is 21.5. The summed E-state index contributed by atoms with van der Waals surface area (Å²) in [5, 5.41) is 24.7. The first kappa shape index (κ1) is 21.3. The lowest BCUT2D eigenvalue weighted by Gasteiger charge is -2.30. The van der Waals surface area contributed by atoms with E-state index in [4.69, 9.17) is 4.74 Å². The van der Waals surface area contributed by atoms with Crippen LogP contribution in [0.15, 0.2) is 47.6 Å². The SMILES string of the molecule is COc1cccc(C=NNC(=O)C2CCN(Cc3ccc([N+](=O)[O-])cc3)CC2)c1O. The monoisotopic (exact) mass is 412 g/mol. The van der Waals surface area contributed by atoms with Crippen molar-refractivity contribution in [1.29, 1.82) is 0 Å². The highest BCUT2D eigenvalue weighted by Crippen LogP contribution is 2.28. The first-order chi connectivity index (χ1) is 14.5. The summed E-state index contributed by atoms with van der Waals surface area (Å²) >= 11 is 0. The van der Waals surface area contributed by atoms with E-state index in [1.54, 1.807) is 30.3 Å². The first-order valence-corrected chi connectivity index (χ1v) is 9.62. The number of phenols is 1. The van der Waals surface area contributed by atoms with Crippen LogP contribution in [0.25, 0.3) is 0 Å². The number of carbonyl (C=O) groups excluding carboxylic acids is 1. The van der Waals surface area contributed by atoms with Crippen molar-refractivity contribution >= 4 is 17.8 Å². The van der Waals surface area contributed by atoms with Crippen LogP contribution in [0.4, 0.5) is 5.69 Å². The fraction of sp³-hybridized carbons (Fsp3) is 0.333. The topological polar surface area (TPSA) is 117 Å². The third kappa shape index (κ3) is 5.32. The second-order valence-corrected chi connectivity index (χ2v) is 7.11. The number of phenolic OH excluding ortho intramolecular Hbond substituents is 1. The molecule has 1 heterocycles. The van der Waals surface area contributed by atoms with Gasteiger partial charge in [-0.3, -0.25) is 19.8 Å². The fourth-order valence-electron chi connectivity index (χ4n) is 3.40. The van der Waals surface area contributed by atoms with Crippen molar-refractivity contribution in [3.8, 4) is 11.5 Å². The van der Waals surface area contributed by atoms with Gasteiger partial charge < -0.3 is 9.84 Å². The number of nitro benzene ring substituents is 1. The van der Waals surface area contributed by atoms with E-state index in [0.717, 1.165) is 18.7 Å². The molecule has 0 saturated carbocycles. The molecule has 0 atom stereocenters. The average molecular weight is 412 g/mol. The number of methoxy groups -OCH3 is 1. The van der Waals surface area contributed by atoms with E-state index in [1.807, 2.05) is 0 Å². The Kier molecular flexibility index (Phi) is 6.97. The van der Waals surface area contributed by atoms with Crippen LogP contribution >= 0.6 is 0 Å². The molecule has 1 fully saturated rings. The minimum Gasteiger partial charge on any atom is -0.504 e. The molecule has 0 aliphatic carbocycles. The van der Waals surface area contributed by atoms with Gasteiger partial charge in [0.05, 0.1) is 18.2 Å². The molecule has 0 bridgehead atoms. The van der Waals surface area contributed by atoms with Gasteiger partial charge in [0.15, 0.2) is 11.5 Å². The Bertz CT molecular complexity index is 921. The molecule has 1 amide bonds. The van der Waals surface area contributed by atoms with Crippen molar-refractivity contribution in [2.75, 3.05) is 20.2 Å². The lowest BCUT2D eigenvalue weighted by atomic mass is 9.96. The number of benzene rings is 2. The van der Waals surface area contributed by atoms with Crippen molar-refractivity contribution in [2.45, 2.75) is 19.4 Å². The lowest BCUT2D eigenvalue weighted by Crippen LogP contribution is -2.39. The van der Waals surface area contributed by atoms with E-state index < -0.39 is 4.92 Å². The Balaban J connectivity index is 1.46. The number of nitro groups is 1. The molecule has 30 heavy (non-hydrogen) atoms. The van der Waals surface area contributed by atoms with E-state index in [2.05, 4.69) is 15.4 Å². The molecule has 0 unspecified atom stereocenters. The van der Waals surface area contributed by atoms with Crippen molar-refractivity contribution in [3.63, 3.8) is 0 Å². The van der Waals surface area contributed by atoms with Crippen molar-refractivity contribution in [3.05, 3.63) is 63.7 Å². The predicted molar refractivity (Wildman–Crippen MR) is 111 cm³/mol. The van der Waals surface area contributed by atoms with Gasteiger partial charge >= 0.3 is 0 Å². The van der Waals surface area contributed by atoms with E-state index in [9.17, 15) is 20.0 Å². The largest absolute Gasteiger partial charge is 0.504 e. The van der Waals surface area contributed by atoms with Crippen molar-refractivity contribution in [1.82, 2.24) is 10.3 Å². The summed E-state index contributed by atoms with van der Waals surface area (Å²) in [7, 11) is 1.46.